The van der Waals surface area contributed by atoms with Gasteiger partial charge in [0.1, 0.15) is 5.75 Å². The summed E-state index contributed by atoms with van der Waals surface area (Å²) in [5.41, 5.74) is 7.85. The van der Waals surface area contributed by atoms with Crippen molar-refractivity contribution in [2.75, 3.05) is 6.61 Å². The molecular formula is C11H13BrIN3O2. The third-order valence-corrected chi connectivity index (χ3v) is 3.13. The quantitative estimate of drug-likeness (QED) is 0.432. The van der Waals surface area contributed by atoms with Gasteiger partial charge in [0.2, 0.25) is 0 Å². The monoisotopic (exact) mass is 425 g/mol. The van der Waals surface area contributed by atoms with Gasteiger partial charge in [-0.15, -0.1) is 0 Å². The minimum absolute atomic E-state index is 0.627. The highest BCUT2D eigenvalue weighted by Crippen LogP contribution is 2.29. The third kappa shape index (κ3) is 4.81. The molecule has 18 heavy (non-hydrogen) atoms. The standard InChI is InChI=1S/C11H13BrIN3O2/c1-2-3-18-10-7(6-15-16-11(14)17)4-8(12)5-9(10)13/h4-6H,2-3H2,1H3,(H3,14,16,17). The number of hydrazone groups is 1. The largest absolute Gasteiger partial charge is 0.492 e. The smallest absolute Gasteiger partial charge is 0.332 e. The summed E-state index contributed by atoms with van der Waals surface area (Å²) in [6.45, 7) is 2.66. The molecule has 0 aliphatic heterocycles. The summed E-state index contributed by atoms with van der Waals surface area (Å²) in [6, 6.07) is 3.11. The molecule has 0 aliphatic carbocycles. The minimum atomic E-state index is -0.702. The normalized spacial score (nSPS) is 10.6. The number of primary amides is 1. The zero-order valence-corrected chi connectivity index (χ0v) is 13.5. The predicted octanol–water partition coefficient (Wildman–Crippen LogP) is 2.84. The second-order valence-corrected chi connectivity index (χ2v) is 5.47. The molecule has 0 saturated heterocycles. The fraction of sp³-hybridized carbons (Fsp3) is 0.273. The number of urea groups is 1. The Morgan fingerprint density at radius 1 is 1.67 bits per heavy atom. The number of nitrogens with two attached hydrogens (primary N) is 1. The number of benzene rings is 1. The Labute approximate surface area is 127 Å². The van der Waals surface area contributed by atoms with Crippen LogP contribution >= 0.6 is 38.5 Å². The van der Waals surface area contributed by atoms with E-state index in [1.54, 1.807) is 0 Å². The van der Waals surface area contributed by atoms with Crippen molar-refractivity contribution < 1.29 is 9.53 Å². The molecule has 0 spiro atoms. The van der Waals surface area contributed by atoms with Crippen molar-refractivity contribution in [1.29, 1.82) is 0 Å². The number of nitrogens with one attached hydrogen (secondary N) is 1. The number of nitrogens with zero attached hydrogens (tertiary/aromatic N) is 1. The number of rotatable bonds is 5. The van der Waals surface area contributed by atoms with Gasteiger partial charge in [-0.25, -0.2) is 10.2 Å². The Morgan fingerprint density at radius 2 is 2.39 bits per heavy atom. The van der Waals surface area contributed by atoms with Crippen LogP contribution in [-0.2, 0) is 0 Å². The lowest BCUT2D eigenvalue weighted by Crippen LogP contribution is -2.24. The molecule has 0 aromatic heterocycles. The van der Waals surface area contributed by atoms with E-state index < -0.39 is 6.03 Å². The Morgan fingerprint density at radius 3 is 3.00 bits per heavy atom. The number of ether oxygens (including phenoxy) is 1. The highest BCUT2D eigenvalue weighted by molar-refractivity contribution is 14.1. The van der Waals surface area contributed by atoms with Crippen molar-refractivity contribution in [2.45, 2.75) is 13.3 Å². The summed E-state index contributed by atoms with van der Waals surface area (Å²) in [5, 5.41) is 3.74. The molecule has 0 bridgehead atoms. The summed E-state index contributed by atoms with van der Waals surface area (Å²) in [7, 11) is 0. The van der Waals surface area contributed by atoms with Gasteiger partial charge in [-0.05, 0) is 41.1 Å². The minimum Gasteiger partial charge on any atom is -0.492 e. The van der Waals surface area contributed by atoms with E-state index in [0.29, 0.717) is 6.61 Å². The molecule has 5 nitrogen and oxygen atoms in total. The molecule has 98 valence electrons. The number of hydrogen-bond donors (Lipinski definition) is 2. The zero-order chi connectivity index (χ0) is 13.5. The van der Waals surface area contributed by atoms with Crippen LogP contribution in [0.2, 0.25) is 0 Å². The van der Waals surface area contributed by atoms with Crippen LogP contribution in [0.25, 0.3) is 0 Å². The van der Waals surface area contributed by atoms with Crippen LogP contribution in [0.15, 0.2) is 21.7 Å². The van der Waals surface area contributed by atoms with E-state index in [-0.39, 0.29) is 0 Å². The maximum Gasteiger partial charge on any atom is 0.332 e. The third-order valence-electron chi connectivity index (χ3n) is 1.87. The van der Waals surface area contributed by atoms with Gasteiger partial charge in [-0.1, -0.05) is 22.9 Å². The summed E-state index contributed by atoms with van der Waals surface area (Å²) in [6.07, 6.45) is 2.42. The summed E-state index contributed by atoms with van der Waals surface area (Å²) >= 11 is 5.59. The van der Waals surface area contributed by atoms with Crippen molar-refractivity contribution in [2.24, 2.45) is 10.8 Å². The lowest BCUT2D eigenvalue weighted by atomic mass is 10.2. The van der Waals surface area contributed by atoms with Gasteiger partial charge >= 0.3 is 6.03 Å². The molecule has 0 fully saturated rings. The van der Waals surface area contributed by atoms with Gasteiger partial charge in [0.25, 0.3) is 0 Å². The van der Waals surface area contributed by atoms with Crippen molar-refractivity contribution in [1.82, 2.24) is 5.43 Å². The van der Waals surface area contributed by atoms with Crippen LogP contribution in [0, 0.1) is 3.57 Å². The predicted molar refractivity (Wildman–Crippen MR) is 83.0 cm³/mol. The first kappa shape index (κ1) is 15.2. The zero-order valence-electron chi connectivity index (χ0n) is 9.74. The highest BCUT2D eigenvalue weighted by Gasteiger charge is 2.08. The van der Waals surface area contributed by atoms with Crippen LogP contribution in [0.3, 0.4) is 0 Å². The van der Waals surface area contributed by atoms with E-state index in [0.717, 1.165) is 25.8 Å². The van der Waals surface area contributed by atoms with Crippen molar-refractivity contribution in [3.05, 3.63) is 25.7 Å². The first-order chi connectivity index (χ1) is 8.54. The Kier molecular flexibility index (Phi) is 6.41. The molecule has 3 N–H and O–H groups in total. The van der Waals surface area contributed by atoms with Gasteiger partial charge in [-0.3, -0.25) is 0 Å². The molecule has 1 aromatic rings. The SMILES string of the molecule is CCCOc1c(I)cc(Br)cc1C=NNC(N)=O. The molecular weight excluding hydrogens is 413 g/mol. The summed E-state index contributed by atoms with van der Waals surface area (Å²) < 4.78 is 7.55. The Hall–Kier alpha value is -0.830. The van der Waals surface area contributed by atoms with E-state index in [1.165, 1.54) is 6.21 Å². The van der Waals surface area contributed by atoms with Crippen LogP contribution in [0.1, 0.15) is 18.9 Å². The molecule has 0 saturated carbocycles. The van der Waals surface area contributed by atoms with Gasteiger partial charge in [0.15, 0.2) is 0 Å². The van der Waals surface area contributed by atoms with E-state index in [9.17, 15) is 4.79 Å². The molecule has 0 unspecified atom stereocenters. The van der Waals surface area contributed by atoms with Crippen LogP contribution in [0.5, 0.6) is 5.75 Å². The number of halogens is 2. The van der Waals surface area contributed by atoms with Gasteiger partial charge in [-0.2, -0.15) is 5.10 Å². The van der Waals surface area contributed by atoms with E-state index in [1.807, 2.05) is 19.1 Å². The van der Waals surface area contributed by atoms with Gasteiger partial charge < -0.3 is 10.5 Å². The number of amides is 2. The fourth-order valence-electron chi connectivity index (χ4n) is 1.20. The molecule has 0 aliphatic rings. The number of carbonyl (C=O) groups is 1. The second-order valence-electron chi connectivity index (χ2n) is 3.39. The maximum atomic E-state index is 10.5. The van der Waals surface area contributed by atoms with E-state index in [4.69, 9.17) is 10.5 Å². The summed E-state index contributed by atoms with van der Waals surface area (Å²) in [5.74, 6) is 0.746. The molecule has 7 heteroatoms. The highest BCUT2D eigenvalue weighted by atomic mass is 127. The number of carbonyl (C=O) groups excluding carboxylic acids is 1. The van der Waals surface area contributed by atoms with Crippen molar-refractivity contribution in [3.63, 3.8) is 0 Å². The molecule has 0 atom stereocenters. The average molecular weight is 426 g/mol. The lowest BCUT2D eigenvalue weighted by molar-refractivity contribution is 0.249. The topological polar surface area (TPSA) is 76.7 Å². The fourth-order valence-corrected chi connectivity index (χ4v) is 2.90. The van der Waals surface area contributed by atoms with Crippen molar-refractivity contribution >= 4 is 50.8 Å². The van der Waals surface area contributed by atoms with Gasteiger partial charge in [0, 0.05) is 10.0 Å². The van der Waals surface area contributed by atoms with E-state index in [2.05, 4.69) is 49.0 Å². The van der Waals surface area contributed by atoms with Crippen LogP contribution in [-0.4, -0.2) is 18.9 Å². The average Bonchev–Trinajstić information content (AvgIpc) is 2.27. The first-order valence-electron chi connectivity index (χ1n) is 5.25. The molecule has 2 amide bonds. The second kappa shape index (κ2) is 7.57. The maximum absolute atomic E-state index is 10.5. The summed E-state index contributed by atoms with van der Waals surface area (Å²) in [4.78, 5) is 10.5. The molecule has 1 aromatic carbocycles. The number of hydrogen-bond acceptors (Lipinski definition) is 3. The molecule has 0 heterocycles. The Bertz CT molecular complexity index is 466. The van der Waals surface area contributed by atoms with Crippen LogP contribution < -0.4 is 15.9 Å². The molecule has 1 rings (SSSR count). The van der Waals surface area contributed by atoms with Crippen molar-refractivity contribution in [3.8, 4) is 5.75 Å². The van der Waals surface area contributed by atoms with E-state index >= 15 is 0 Å². The van der Waals surface area contributed by atoms with Gasteiger partial charge in [0.05, 0.1) is 16.4 Å². The lowest BCUT2D eigenvalue weighted by Gasteiger charge is -2.11. The first-order valence-corrected chi connectivity index (χ1v) is 7.12. The molecule has 0 radical (unpaired) electrons. The Balaban J connectivity index is 2.99. The van der Waals surface area contributed by atoms with Crippen LogP contribution in [0.4, 0.5) is 4.79 Å².